The van der Waals surface area contributed by atoms with E-state index in [1.165, 1.54) is 0 Å². The number of carboxylic acids is 1. The molecule has 1 saturated carbocycles. The molecule has 20 heavy (non-hydrogen) atoms. The molecule has 0 aliphatic heterocycles. The SMILES string of the molecule is N#Cc1cc2ccccc2nc1NC(C(=O)O)C1CC1. The fraction of sp³-hybridized carbons (Fsp3) is 0.267. The topological polar surface area (TPSA) is 86.0 Å². The molecule has 2 N–H and O–H groups in total. The summed E-state index contributed by atoms with van der Waals surface area (Å²) in [4.78, 5) is 15.7. The van der Waals surface area contributed by atoms with Crippen molar-refractivity contribution in [3.05, 3.63) is 35.9 Å². The highest BCUT2D eigenvalue weighted by molar-refractivity contribution is 5.84. The number of nitrogens with zero attached hydrogens (tertiary/aromatic N) is 2. The van der Waals surface area contributed by atoms with Crippen LogP contribution in [-0.4, -0.2) is 22.1 Å². The Hall–Kier alpha value is -2.61. The van der Waals surface area contributed by atoms with Gasteiger partial charge in [0.25, 0.3) is 0 Å². The number of nitriles is 1. The van der Waals surface area contributed by atoms with Gasteiger partial charge in [0.05, 0.1) is 11.1 Å². The quantitative estimate of drug-likeness (QED) is 0.888. The predicted molar refractivity (Wildman–Crippen MR) is 74.2 cm³/mol. The number of carbonyl (C=O) groups is 1. The zero-order chi connectivity index (χ0) is 14.1. The van der Waals surface area contributed by atoms with Gasteiger partial charge in [-0.05, 0) is 30.9 Å². The fourth-order valence-electron chi connectivity index (χ4n) is 2.27. The Kier molecular flexibility index (Phi) is 2.99. The summed E-state index contributed by atoms with van der Waals surface area (Å²) in [5.41, 5.74) is 1.12. The molecule has 5 nitrogen and oxygen atoms in total. The Balaban J connectivity index is 2.01. The van der Waals surface area contributed by atoms with E-state index in [9.17, 15) is 15.2 Å². The third kappa shape index (κ3) is 2.28. The molecule has 0 radical (unpaired) electrons. The number of pyridine rings is 1. The van der Waals surface area contributed by atoms with Gasteiger partial charge in [0.1, 0.15) is 17.9 Å². The van der Waals surface area contributed by atoms with Crippen LogP contribution in [0.4, 0.5) is 5.82 Å². The first-order chi connectivity index (χ1) is 9.69. The van der Waals surface area contributed by atoms with Crippen LogP contribution in [0.25, 0.3) is 10.9 Å². The molecule has 1 heterocycles. The van der Waals surface area contributed by atoms with Crippen molar-refractivity contribution < 1.29 is 9.90 Å². The number of aromatic nitrogens is 1. The molecular weight excluding hydrogens is 254 g/mol. The Morgan fingerprint density at radius 1 is 1.45 bits per heavy atom. The van der Waals surface area contributed by atoms with Crippen molar-refractivity contribution >= 4 is 22.7 Å². The molecule has 1 fully saturated rings. The highest BCUT2D eigenvalue weighted by Gasteiger charge is 2.36. The summed E-state index contributed by atoms with van der Waals surface area (Å²) < 4.78 is 0. The van der Waals surface area contributed by atoms with Crippen molar-refractivity contribution in [1.82, 2.24) is 4.98 Å². The molecule has 5 heteroatoms. The Labute approximate surface area is 115 Å². The maximum atomic E-state index is 11.3. The summed E-state index contributed by atoms with van der Waals surface area (Å²) >= 11 is 0. The molecule has 2 aromatic rings. The van der Waals surface area contributed by atoms with E-state index in [2.05, 4.69) is 16.4 Å². The first-order valence-corrected chi connectivity index (χ1v) is 6.48. The molecule has 1 aromatic carbocycles. The van der Waals surface area contributed by atoms with Gasteiger partial charge in [-0.2, -0.15) is 5.26 Å². The number of nitrogens with one attached hydrogen (secondary N) is 1. The van der Waals surface area contributed by atoms with Gasteiger partial charge < -0.3 is 10.4 Å². The molecule has 0 amide bonds. The van der Waals surface area contributed by atoms with Gasteiger partial charge in [-0.3, -0.25) is 0 Å². The predicted octanol–water partition coefficient (Wildman–Crippen LogP) is 2.38. The molecular formula is C15H13N3O2. The highest BCUT2D eigenvalue weighted by Crippen LogP contribution is 2.34. The van der Waals surface area contributed by atoms with E-state index in [1.54, 1.807) is 6.07 Å². The molecule has 1 aromatic heterocycles. The number of para-hydroxylation sites is 1. The zero-order valence-electron chi connectivity index (χ0n) is 10.7. The summed E-state index contributed by atoms with van der Waals surface area (Å²) in [7, 11) is 0. The lowest BCUT2D eigenvalue weighted by Crippen LogP contribution is -2.32. The van der Waals surface area contributed by atoms with Crippen molar-refractivity contribution in [2.45, 2.75) is 18.9 Å². The first kappa shape index (κ1) is 12.4. The van der Waals surface area contributed by atoms with Crippen LogP contribution in [0.5, 0.6) is 0 Å². The summed E-state index contributed by atoms with van der Waals surface area (Å²) in [6.07, 6.45) is 1.80. The molecule has 0 bridgehead atoms. The average molecular weight is 267 g/mol. The fourth-order valence-corrected chi connectivity index (χ4v) is 2.27. The number of hydrogen-bond acceptors (Lipinski definition) is 4. The lowest BCUT2D eigenvalue weighted by atomic mass is 10.1. The smallest absolute Gasteiger partial charge is 0.326 e. The lowest BCUT2D eigenvalue weighted by Gasteiger charge is -2.15. The van der Waals surface area contributed by atoms with Crippen molar-refractivity contribution in [3.63, 3.8) is 0 Å². The van der Waals surface area contributed by atoms with Gasteiger partial charge in [0, 0.05) is 5.39 Å². The van der Waals surface area contributed by atoms with Crippen molar-refractivity contribution in [1.29, 1.82) is 5.26 Å². The normalized spacial score (nSPS) is 15.6. The van der Waals surface area contributed by atoms with Gasteiger partial charge in [-0.1, -0.05) is 18.2 Å². The number of fused-ring (bicyclic) bond motifs is 1. The highest BCUT2D eigenvalue weighted by atomic mass is 16.4. The van der Waals surface area contributed by atoms with Gasteiger partial charge in [0.15, 0.2) is 0 Å². The maximum absolute atomic E-state index is 11.3. The van der Waals surface area contributed by atoms with Crippen molar-refractivity contribution in [2.24, 2.45) is 5.92 Å². The summed E-state index contributed by atoms with van der Waals surface area (Å²) in [5, 5.41) is 22.2. The minimum absolute atomic E-state index is 0.132. The molecule has 0 saturated heterocycles. The average Bonchev–Trinajstić information content (AvgIpc) is 3.27. The zero-order valence-corrected chi connectivity index (χ0v) is 10.7. The van der Waals surface area contributed by atoms with Crippen molar-refractivity contribution in [3.8, 4) is 6.07 Å². The molecule has 100 valence electrons. The Bertz CT molecular complexity index is 717. The van der Waals surface area contributed by atoms with Gasteiger partial charge in [-0.15, -0.1) is 0 Å². The monoisotopic (exact) mass is 267 g/mol. The van der Waals surface area contributed by atoms with Crippen LogP contribution >= 0.6 is 0 Å². The van der Waals surface area contributed by atoms with Gasteiger partial charge in [-0.25, -0.2) is 9.78 Å². The number of benzene rings is 1. The number of carboxylic acid groups (broad SMARTS) is 1. The van der Waals surface area contributed by atoms with E-state index >= 15 is 0 Å². The van der Waals surface area contributed by atoms with Crippen LogP contribution in [0.15, 0.2) is 30.3 Å². The van der Waals surface area contributed by atoms with Crippen LogP contribution < -0.4 is 5.32 Å². The summed E-state index contributed by atoms with van der Waals surface area (Å²) in [5.74, 6) is -0.413. The molecule has 1 aliphatic carbocycles. The third-order valence-electron chi connectivity index (χ3n) is 3.50. The number of hydrogen-bond donors (Lipinski definition) is 2. The first-order valence-electron chi connectivity index (χ1n) is 6.48. The summed E-state index contributed by atoms with van der Waals surface area (Å²) in [6.45, 7) is 0. The lowest BCUT2D eigenvalue weighted by molar-refractivity contribution is -0.138. The van der Waals surface area contributed by atoms with Crippen LogP contribution in [0.1, 0.15) is 18.4 Å². The van der Waals surface area contributed by atoms with E-state index in [-0.39, 0.29) is 5.92 Å². The van der Waals surface area contributed by atoms with Crippen LogP contribution in [0.2, 0.25) is 0 Å². The Morgan fingerprint density at radius 3 is 2.85 bits per heavy atom. The largest absolute Gasteiger partial charge is 0.480 e. The molecule has 1 aliphatic rings. The molecule has 1 atom stereocenters. The van der Waals surface area contributed by atoms with E-state index in [1.807, 2.05) is 24.3 Å². The van der Waals surface area contributed by atoms with Gasteiger partial charge >= 0.3 is 5.97 Å². The molecule has 0 spiro atoms. The summed E-state index contributed by atoms with van der Waals surface area (Å²) in [6, 6.07) is 10.6. The Morgan fingerprint density at radius 2 is 2.20 bits per heavy atom. The molecule has 1 unspecified atom stereocenters. The van der Waals surface area contributed by atoms with E-state index < -0.39 is 12.0 Å². The van der Waals surface area contributed by atoms with E-state index in [0.717, 1.165) is 23.7 Å². The number of anilines is 1. The van der Waals surface area contributed by atoms with Crippen LogP contribution in [0.3, 0.4) is 0 Å². The van der Waals surface area contributed by atoms with Crippen molar-refractivity contribution in [2.75, 3.05) is 5.32 Å². The maximum Gasteiger partial charge on any atom is 0.326 e. The second-order valence-corrected chi connectivity index (χ2v) is 4.99. The standard InChI is InChI=1S/C15H13N3O2/c16-8-11-7-10-3-1-2-4-12(10)17-14(11)18-13(15(19)20)9-5-6-9/h1-4,7,9,13H,5-6H2,(H,17,18)(H,19,20). The van der Waals surface area contributed by atoms with E-state index in [4.69, 9.17) is 0 Å². The van der Waals surface area contributed by atoms with Crippen LogP contribution in [-0.2, 0) is 4.79 Å². The molecule has 3 rings (SSSR count). The van der Waals surface area contributed by atoms with E-state index in [0.29, 0.717) is 11.4 Å². The minimum atomic E-state index is -0.897. The second kappa shape index (κ2) is 4.82. The van der Waals surface area contributed by atoms with Crippen LogP contribution in [0, 0.1) is 17.2 Å². The third-order valence-corrected chi connectivity index (χ3v) is 3.50. The van der Waals surface area contributed by atoms with Gasteiger partial charge in [0.2, 0.25) is 0 Å². The second-order valence-electron chi connectivity index (χ2n) is 4.99. The minimum Gasteiger partial charge on any atom is -0.480 e. The number of rotatable bonds is 4. The number of aliphatic carboxylic acids is 1.